The summed E-state index contributed by atoms with van der Waals surface area (Å²) in [5.74, 6) is -0.257. The monoisotopic (exact) mass is 238 g/mol. The Morgan fingerprint density at radius 2 is 2.00 bits per heavy atom. The van der Waals surface area contributed by atoms with E-state index in [4.69, 9.17) is 11.6 Å². The Labute approximate surface area is 98.2 Å². The fraction of sp³-hybridized carbons (Fsp3) is 0.364. The van der Waals surface area contributed by atoms with Crippen molar-refractivity contribution in [2.75, 3.05) is 0 Å². The number of hydrogen-bond donors (Lipinski definition) is 0. The van der Waals surface area contributed by atoms with Gasteiger partial charge in [0, 0.05) is 24.6 Å². The number of halogens is 1. The van der Waals surface area contributed by atoms with E-state index in [2.05, 4.69) is 4.98 Å². The smallest absolute Gasteiger partial charge is 0.229 e. The van der Waals surface area contributed by atoms with Crippen molar-refractivity contribution in [3.63, 3.8) is 0 Å². The molecular formula is C11H11ClN2O2. The highest BCUT2D eigenvalue weighted by atomic mass is 35.5. The van der Waals surface area contributed by atoms with E-state index in [1.807, 2.05) is 0 Å². The summed E-state index contributed by atoms with van der Waals surface area (Å²) in [4.78, 5) is 28.3. The second kappa shape index (κ2) is 4.61. The molecule has 0 aliphatic carbocycles. The zero-order valence-corrected chi connectivity index (χ0v) is 9.41. The van der Waals surface area contributed by atoms with Crippen LogP contribution in [-0.2, 0) is 16.1 Å². The lowest BCUT2D eigenvalue weighted by Gasteiger charge is -2.24. The Morgan fingerprint density at radius 1 is 1.31 bits per heavy atom. The Morgan fingerprint density at radius 3 is 2.62 bits per heavy atom. The number of piperidine rings is 1. The second-order valence-electron chi connectivity index (χ2n) is 3.68. The molecule has 0 atom stereocenters. The van der Waals surface area contributed by atoms with Crippen molar-refractivity contribution in [2.24, 2.45) is 0 Å². The summed E-state index contributed by atoms with van der Waals surface area (Å²) in [6.45, 7) is 0.227. The molecule has 1 saturated heterocycles. The van der Waals surface area contributed by atoms with Crippen molar-refractivity contribution in [1.29, 1.82) is 0 Å². The van der Waals surface area contributed by atoms with E-state index in [-0.39, 0.29) is 18.4 Å². The zero-order chi connectivity index (χ0) is 11.5. The molecule has 2 rings (SSSR count). The molecule has 0 bridgehead atoms. The Balaban J connectivity index is 2.17. The predicted octanol–water partition coefficient (Wildman–Crippen LogP) is 1.77. The average molecular weight is 239 g/mol. The van der Waals surface area contributed by atoms with Gasteiger partial charge in [-0.2, -0.15) is 0 Å². The molecule has 1 fully saturated rings. The van der Waals surface area contributed by atoms with Crippen LogP contribution < -0.4 is 0 Å². The van der Waals surface area contributed by atoms with Gasteiger partial charge >= 0.3 is 0 Å². The van der Waals surface area contributed by atoms with E-state index in [0.29, 0.717) is 30.0 Å². The highest BCUT2D eigenvalue weighted by Gasteiger charge is 2.26. The van der Waals surface area contributed by atoms with E-state index in [0.717, 1.165) is 0 Å². The first kappa shape index (κ1) is 11.1. The van der Waals surface area contributed by atoms with Crippen LogP contribution in [0, 0.1) is 0 Å². The molecule has 1 aliphatic rings. The molecular weight excluding hydrogens is 228 g/mol. The lowest BCUT2D eigenvalue weighted by atomic mass is 10.1. The fourth-order valence-electron chi connectivity index (χ4n) is 1.68. The topological polar surface area (TPSA) is 50.3 Å². The van der Waals surface area contributed by atoms with Gasteiger partial charge in [0.1, 0.15) is 5.15 Å². The van der Waals surface area contributed by atoms with Crippen molar-refractivity contribution in [1.82, 2.24) is 9.88 Å². The Kier molecular flexibility index (Phi) is 3.19. The molecule has 1 aromatic heterocycles. The molecule has 2 amide bonds. The van der Waals surface area contributed by atoms with Crippen LogP contribution in [0.25, 0.3) is 0 Å². The maximum atomic E-state index is 11.6. The molecule has 4 nitrogen and oxygen atoms in total. The highest BCUT2D eigenvalue weighted by molar-refractivity contribution is 6.30. The molecule has 5 heteroatoms. The number of imide groups is 1. The molecule has 1 aromatic rings. The van der Waals surface area contributed by atoms with Crippen LogP contribution in [0.3, 0.4) is 0 Å². The summed E-state index contributed by atoms with van der Waals surface area (Å²) < 4.78 is 0. The van der Waals surface area contributed by atoms with Crippen LogP contribution >= 0.6 is 11.6 Å². The third kappa shape index (κ3) is 2.22. The van der Waals surface area contributed by atoms with Gasteiger partial charge in [-0.15, -0.1) is 0 Å². The first-order chi connectivity index (χ1) is 7.68. The zero-order valence-electron chi connectivity index (χ0n) is 8.65. The van der Waals surface area contributed by atoms with Crippen molar-refractivity contribution in [2.45, 2.75) is 25.8 Å². The van der Waals surface area contributed by atoms with E-state index >= 15 is 0 Å². The number of likely N-dealkylation sites (tertiary alicyclic amines) is 1. The van der Waals surface area contributed by atoms with Crippen LogP contribution in [0.5, 0.6) is 0 Å². The van der Waals surface area contributed by atoms with Gasteiger partial charge in [0.25, 0.3) is 0 Å². The van der Waals surface area contributed by atoms with Gasteiger partial charge in [0.2, 0.25) is 11.8 Å². The number of carbonyl (C=O) groups is 2. The second-order valence-corrected chi connectivity index (χ2v) is 4.04. The summed E-state index contributed by atoms with van der Waals surface area (Å²) >= 11 is 5.88. The normalized spacial score (nSPS) is 16.7. The van der Waals surface area contributed by atoms with Gasteiger partial charge in [0.15, 0.2) is 0 Å². The molecule has 0 N–H and O–H groups in total. The number of rotatable bonds is 2. The van der Waals surface area contributed by atoms with Crippen LogP contribution in [0.4, 0.5) is 0 Å². The molecule has 0 spiro atoms. The average Bonchev–Trinajstić information content (AvgIpc) is 2.26. The minimum atomic E-state index is -0.129. The van der Waals surface area contributed by atoms with Gasteiger partial charge < -0.3 is 0 Å². The number of nitrogens with zero attached hydrogens (tertiary/aromatic N) is 2. The first-order valence-corrected chi connectivity index (χ1v) is 5.49. The lowest BCUT2D eigenvalue weighted by molar-refractivity contribution is -0.148. The van der Waals surface area contributed by atoms with E-state index in [1.54, 1.807) is 18.3 Å². The maximum absolute atomic E-state index is 11.6. The Bertz CT molecular complexity index is 418. The standard InChI is InChI=1S/C11H11ClN2O2/c12-11-8(3-2-6-13-11)7-14-9(15)4-1-5-10(14)16/h2-3,6H,1,4-5,7H2. The molecule has 0 unspecified atom stereocenters. The fourth-order valence-corrected chi connectivity index (χ4v) is 1.86. The molecule has 2 heterocycles. The third-order valence-electron chi connectivity index (χ3n) is 2.55. The quantitative estimate of drug-likeness (QED) is 0.583. The van der Waals surface area contributed by atoms with Crippen molar-refractivity contribution in [3.8, 4) is 0 Å². The SMILES string of the molecule is O=C1CCCC(=O)N1Cc1cccnc1Cl. The van der Waals surface area contributed by atoms with Gasteiger partial charge in [-0.05, 0) is 12.5 Å². The minimum Gasteiger partial charge on any atom is -0.278 e. The number of pyridine rings is 1. The van der Waals surface area contributed by atoms with E-state index in [1.165, 1.54) is 4.90 Å². The van der Waals surface area contributed by atoms with E-state index in [9.17, 15) is 9.59 Å². The van der Waals surface area contributed by atoms with Gasteiger partial charge in [0.05, 0.1) is 6.54 Å². The highest BCUT2D eigenvalue weighted by Crippen LogP contribution is 2.19. The molecule has 0 aromatic carbocycles. The van der Waals surface area contributed by atoms with Gasteiger partial charge in [-0.25, -0.2) is 4.98 Å². The van der Waals surface area contributed by atoms with Crippen molar-refractivity contribution >= 4 is 23.4 Å². The summed E-state index contributed by atoms with van der Waals surface area (Å²) in [6.07, 6.45) is 3.09. The van der Waals surface area contributed by atoms with Crippen molar-refractivity contribution in [3.05, 3.63) is 29.0 Å². The summed E-state index contributed by atoms with van der Waals surface area (Å²) in [5.41, 5.74) is 0.702. The van der Waals surface area contributed by atoms with E-state index < -0.39 is 0 Å². The summed E-state index contributed by atoms with van der Waals surface area (Å²) in [6, 6.07) is 3.50. The van der Waals surface area contributed by atoms with Gasteiger partial charge in [-0.3, -0.25) is 14.5 Å². The van der Waals surface area contributed by atoms with Gasteiger partial charge in [-0.1, -0.05) is 17.7 Å². The number of aromatic nitrogens is 1. The number of amides is 2. The lowest BCUT2D eigenvalue weighted by Crippen LogP contribution is -2.39. The molecule has 0 saturated carbocycles. The van der Waals surface area contributed by atoms with Crippen molar-refractivity contribution < 1.29 is 9.59 Å². The number of hydrogen-bond acceptors (Lipinski definition) is 3. The van der Waals surface area contributed by atoms with Crippen LogP contribution in [-0.4, -0.2) is 21.7 Å². The predicted molar refractivity (Wildman–Crippen MR) is 58.7 cm³/mol. The summed E-state index contributed by atoms with van der Waals surface area (Å²) in [7, 11) is 0. The molecule has 1 aliphatic heterocycles. The Hall–Kier alpha value is -1.42. The van der Waals surface area contributed by atoms with Crippen LogP contribution in [0.2, 0.25) is 5.15 Å². The minimum absolute atomic E-state index is 0.129. The largest absolute Gasteiger partial charge is 0.278 e. The van der Waals surface area contributed by atoms with Crippen LogP contribution in [0.15, 0.2) is 18.3 Å². The third-order valence-corrected chi connectivity index (χ3v) is 2.89. The maximum Gasteiger partial charge on any atom is 0.229 e. The molecule has 84 valence electrons. The number of carbonyl (C=O) groups excluding carboxylic acids is 2. The summed E-state index contributed by atoms with van der Waals surface area (Å²) in [5, 5.41) is 0.341. The molecule has 16 heavy (non-hydrogen) atoms. The first-order valence-electron chi connectivity index (χ1n) is 5.11. The molecule has 0 radical (unpaired) electrons. The van der Waals surface area contributed by atoms with Crippen LogP contribution in [0.1, 0.15) is 24.8 Å².